The van der Waals surface area contributed by atoms with Crippen LogP contribution >= 0.6 is 11.6 Å². The fourth-order valence-electron chi connectivity index (χ4n) is 3.60. The number of hydrogen-bond donors (Lipinski definition) is 1. The minimum Gasteiger partial charge on any atom is -0.454 e. The lowest BCUT2D eigenvalue weighted by Gasteiger charge is -2.14. The van der Waals surface area contributed by atoms with Gasteiger partial charge in [-0.15, -0.1) is 0 Å². The van der Waals surface area contributed by atoms with E-state index in [0.29, 0.717) is 23.6 Å². The Morgan fingerprint density at radius 2 is 1.75 bits per heavy atom. The van der Waals surface area contributed by atoms with Crippen LogP contribution in [-0.2, 0) is 23.9 Å². The number of carbonyl (C=O) groups excluding carboxylic acids is 4. The summed E-state index contributed by atoms with van der Waals surface area (Å²) in [6.45, 7) is 2.67. The van der Waals surface area contributed by atoms with Gasteiger partial charge in [0.1, 0.15) is 6.54 Å². The van der Waals surface area contributed by atoms with Crippen molar-refractivity contribution < 1.29 is 23.9 Å². The van der Waals surface area contributed by atoms with Gasteiger partial charge < -0.3 is 10.1 Å². The van der Waals surface area contributed by atoms with Gasteiger partial charge in [0.05, 0.1) is 22.5 Å². The van der Waals surface area contributed by atoms with Crippen molar-refractivity contribution in [2.75, 3.05) is 18.5 Å². The minimum absolute atomic E-state index is 0.359. The second kappa shape index (κ2) is 8.14. The van der Waals surface area contributed by atoms with Crippen molar-refractivity contribution in [2.45, 2.75) is 26.7 Å². The fraction of sp³-hybridized carbons (Fsp3) is 0.400. The Balaban J connectivity index is 1.53. The molecule has 1 aliphatic heterocycles. The number of fused-ring (bicyclic) bond motifs is 1. The van der Waals surface area contributed by atoms with Crippen LogP contribution in [0.5, 0.6) is 0 Å². The molecule has 0 unspecified atom stereocenters. The first-order valence-electron chi connectivity index (χ1n) is 9.00. The van der Waals surface area contributed by atoms with E-state index in [0.717, 1.165) is 16.0 Å². The summed E-state index contributed by atoms with van der Waals surface area (Å²) in [7, 11) is 0. The molecule has 0 radical (unpaired) electrons. The second-order valence-corrected chi connectivity index (χ2v) is 7.47. The van der Waals surface area contributed by atoms with Crippen LogP contribution in [0.2, 0.25) is 5.02 Å². The highest BCUT2D eigenvalue weighted by Crippen LogP contribution is 2.34. The average Bonchev–Trinajstić information content (AvgIpc) is 2.88. The topological polar surface area (TPSA) is 92.8 Å². The molecule has 0 spiro atoms. The van der Waals surface area contributed by atoms with Crippen LogP contribution in [0.1, 0.15) is 24.0 Å². The zero-order valence-corrected chi connectivity index (χ0v) is 16.4. The number of imide groups is 1. The molecule has 7 nitrogen and oxygen atoms in total. The van der Waals surface area contributed by atoms with E-state index in [9.17, 15) is 19.2 Å². The van der Waals surface area contributed by atoms with Crippen LogP contribution in [0.3, 0.4) is 0 Å². The SMILES string of the molecule is Cc1cc(C)c(NC(=O)COC(=O)CN2C(=O)[C@H]3CC=CC[C@H]3C2=O)c(Cl)c1. The van der Waals surface area contributed by atoms with Crippen molar-refractivity contribution in [3.8, 4) is 0 Å². The number of ether oxygens (including phenoxy) is 1. The summed E-state index contributed by atoms with van der Waals surface area (Å²) in [5, 5.41) is 3.00. The lowest BCUT2D eigenvalue weighted by atomic mass is 9.85. The van der Waals surface area contributed by atoms with Crippen molar-refractivity contribution in [1.82, 2.24) is 4.90 Å². The molecular formula is C20H21ClN2O5. The summed E-state index contributed by atoms with van der Waals surface area (Å²) < 4.78 is 4.94. The normalized spacial score (nSPS) is 20.9. The number of aryl methyl sites for hydroxylation is 2. The number of nitrogens with zero attached hydrogens (tertiary/aromatic N) is 1. The Morgan fingerprint density at radius 1 is 1.14 bits per heavy atom. The zero-order chi connectivity index (χ0) is 20.4. The number of anilines is 1. The van der Waals surface area contributed by atoms with E-state index in [-0.39, 0.29) is 11.8 Å². The first-order chi connectivity index (χ1) is 13.3. The number of rotatable bonds is 5. The predicted molar refractivity (Wildman–Crippen MR) is 103 cm³/mol. The highest BCUT2D eigenvalue weighted by Gasteiger charge is 2.47. The smallest absolute Gasteiger partial charge is 0.326 e. The largest absolute Gasteiger partial charge is 0.454 e. The van der Waals surface area contributed by atoms with Gasteiger partial charge in [0.2, 0.25) is 11.8 Å². The molecule has 1 aromatic carbocycles. The highest BCUT2D eigenvalue weighted by atomic mass is 35.5. The van der Waals surface area contributed by atoms with Crippen LogP contribution in [0.25, 0.3) is 0 Å². The molecule has 3 rings (SSSR count). The van der Waals surface area contributed by atoms with Crippen LogP contribution in [0.4, 0.5) is 5.69 Å². The molecular weight excluding hydrogens is 384 g/mol. The van der Waals surface area contributed by atoms with Gasteiger partial charge in [-0.25, -0.2) is 0 Å². The summed E-state index contributed by atoms with van der Waals surface area (Å²) in [5.74, 6) is -2.89. The fourth-order valence-corrected chi connectivity index (χ4v) is 3.96. The molecule has 2 aliphatic rings. The maximum Gasteiger partial charge on any atom is 0.326 e. The number of carbonyl (C=O) groups is 4. The average molecular weight is 405 g/mol. The summed E-state index contributed by atoms with van der Waals surface area (Å²) in [5.41, 5.74) is 2.20. The number of amides is 3. The summed E-state index contributed by atoms with van der Waals surface area (Å²) >= 11 is 6.14. The van der Waals surface area contributed by atoms with Gasteiger partial charge in [-0.05, 0) is 43.9 Å². The molecule has 8 heteroatoms. The van der Waals surface area contributed by atoms with E-state index in [4.69, 9.17) is 16.3 Å². The molecule has 1 N–H and O–H groups in total. The van der Waals surface area contributed by atoms with Gasteiger partial charge >= 0.3 is 5.97 Å². The van der Waals surface area contributed by atoms with Gasteiger partial charge in [-0.3, -0.25) is 24.1 Å². The van der Waals surface area contributed by atoms with E-state index >= 15 is 0 Å². The molecule has 1 aromatic rings. The number of esters is 1. The Morgan fingerprint density at radius 3 is 2.32 bits per heavy atom. The molecule has 0 saturated carbocycles. The first kappa shape index (κ1) is 20.1. The van der Waals surface area contributed by atoms with Crippen molar-refractivity contribution in [3.63, 3.8) is 0 Å². The number of likely N-dealkylation sites (tertiary alicyclic amines) is 1. The second-order valence-electron chi connectivity index (χ2n) is 7.07. The molecule has 1 fully saturated rings. The molecule has 1 heterocycles. The number of allylic oxidation sites excluding steroid dienone is 2. The van der Waals surface area contributed by atoms with E-state index in [1.165, 1.54) is 0 Å². The lowest BCUT2D eigenvalue weighted by Crippen LogP contribution is -2.37. The Kier molecular flexibility index (Phi) is 5.84. The van der Waals surface area contributed by atoms with Crippen molar-refractivity contribution >= 4 is 41.0 Å². The summed E-state index contributed by atoms with van der Waals surface area (Å²) in [6.07, 6.45) is 4.74. The molecule has 3 amide bonds. The lowest BCUT2D eigenvalue weighted by molar-refractivity contribution is -0.154. The molecule has 1 saturated heterocycles. The van der Waals surface area contributed by atoms with Gasteiger partial charge in [0, 0.05) is 0 Å². The van der Waals surface area contributed by atoms with Gasteiger partial charge in [-0.2, -0.15) is 0 Å². The summed E-state index contributed by atoms with van der Waals surface area (Å²) in [4.78, 5) is 49.7. The number of hydrogen-bond acceptors (Lipinski definition) is 5. The van der Waals surface area contributed by atoms with Crippen LogP contribution in [0, 0.1) is 25.7 Å². The van der Waals surface area contributed by atoms with Crippen LogP contribution < -0.4 is 5.32 Å². The number of halogens is 1. The maximum absolute atomic E-state index is 12.3. The maximum atomic E-state index is 12.3. The van der Waals surface area contributed by atoms with Gasteiger partial charge in [-0.1, -0.05) is 29.8 Å². The van der Waals surface area contributed by atoms with Gasteiger partial charge in [0.15, 0.2) is 6.61 Å². The Bertz CT molecular complexity index is 830. The number of nitrogens with one attached hydrogen (secondary N) is 1. The van der Waals surface area contributed by atoms with E-state index in [1.54, 1.807) is 13.0 Å². The quantitative estimate of drug-likeness (QED) is 0.462. The van der Waals surface area contributed by atoms with Crippen molar-refractivity contribution in [3.05, 3.63) is 40.4 Å². The van der Waals surface area contributed by atoms with E-state index < -0.39 is 36.9 Å². The summed E-state index contributed by atoms with van der Waals surface area (Å²) in [6, 6.07) is 3.58. The molecule has 0 aromatic heterocycles. The third-order valence-corrected chi connectivity index (χ3v) is 5.24. The standard InChI is InChI=1S/C20H21ClN2O5/c1-11-7-12(2)18(15(21)8-11)22-16(24)10-28-17(25)9-23-19(26)13-5-3-4-6-14(13)20(23)27/h3-4,7-8,13-14H,5-6,9-10H2,1-2H3,(H,22,24)/t13-,14+. The van der Waals surface area contributed by atoms with E-state index in [1.807, 2.05) is 25.1 Å². The van der Waals surface area contributed by atoms with Crippen LogP contribution in [0.15, 0.2) is 24.3 Å². The monoisotopic (exact) mass is 404 g/mol. The zero-order valence-electron chi connectivity index (χ0n) is 15.7. The predicted octanol–water partition coefficient (Wildman–Crippen LogP) is 2.39. The third-order valence-electron chi connectivity index (χ3n) is 4.95. The molecule has 0 bridgehead atoms. The molecule has 1 aliphatic carbocycles. The third kappa shape index (κ3) is 4.09. The van der Waals surface area contributed by atoms with Crippen LogP contribution in [-0.4, -0.2) is 41.7 Å². The first-order valence-corrected chi connectivity index (χ1v) is 9.38. The number of benzene rings is 1. The Hall–Kier alpha value is -2.67. The van der Waals surface area contributed by atoms with Gasteiger partial charge in [0.25, 0.3) is 5.91 Å². The molecule has 2 atom stereocenters. The highest BCUT2D eigenvalue weighted by molar-refractivity contribution is 6.34. The molecule has 148 valence electrons. The molecule has 28 heavy (non-hydrogen) atoms. The van der Waals surface area contributed by atoms with Crippen molar-refractivity contribution in [1.29, 1.82) is 0 Å². The van der Waals surface area contributed by atoms with Crippen molar-refractivity contribution in [2.24, 2.45) is 11.8 Å². The van der Waals surface area contributed by atoms with E-state index in [2.05, 4.69) is 5.32 Å². The minimum atomic E-state index is -0.810. The Labute approximate surface area is 167 Å².